The van der Waals surface area contributed by atoms with Gasteiger partial charge in [-0.05, 0) is 89.3 Å². The maximum atomic E-state index is 15.0. The number of nitrogens with zero attached hydrogens (tertiary/aromatic N) is 1. The number of halogens is 1. The molecule has 40 heavy (non-hydrogen) atoms. The summed E-state index contributed by atoms with van der Waals surface area (Å²) < 4.78 is 31.8. The van der Waals surface area contributed by atoms with Crippen LogP contribution in [0.2, 0.25) is 0 Å². The fraction of sp³-hybridized carbons (Fsp3) is 0.471. The normalized spacial score (nSPS) is 20.1. The second kappa shape index (κ2) is 11.6. The van der Waals surface area contributed by atoms with Gasteiger partial charge in [0.25, 0.3) is 0 Å². The van der Waals surface area contributed by atoms with E-state index in [-0.39, 0.29) is 29.0 Å². The fourth-order valence-electron chi connectivity index (χ4n) is 6.93. The van der Waals surface area contributed by atoms with Crippen LogP contribution in [0.4, 0.5) is 4.39 Å². The third-order valence-corrected chi connectivity index (χ3v) is 9.15. The van der Waals surface area contributed by atoms with Crippen molar-refractivity contribution in [2.24, 2.45) is 11.3 Å². The molecule has 0 N–H and O–H groups in total. The minimum atomic E-state index is -0.355. The van der Waals surface area contributed by atoms with Gasteiger partial charge < -0.3 is 14.2 Å². The molecule has 1 heterocycles. The Balaban J connectivity index is 1.43. The first-order valence-electron chi connectivity index (χ1n) is 14.4. The molecule has 2 aliphatic rings. The van der Waals surface area contributed by atoms with Crippen molar-refractivity contribution >= 4 is 5.97 Å². The molecule has 0 bridgehead atoms. The van der Waals surface area contributed by atoms with E-state index in [1.165, 1.54) is 24.4 Å². The van der Waals surface area contributed by atoms with E-state index in [9.17, 15) is 4.79 Å². The Hall–Kier alpha value is -3.41. The minimum Gasteiger partial charge on any atom is -0.489 e. The number of aryl methyl sites for hydroxylation is 1. The summed E-state index contributed by atoms with van der Waals surface area (Å²) in [5.41, 5.74) is 6.18. The molecule has 1 saturated carbocycles. The van der Waals surface area contributed by atoms with Crippen LogP contribution in [0.1, 0.15) is 87.0 Å². The number of hydrogen-bond donors (Lipinski definition) is 0. The van der Waals surface area contributed by atoms with E-state index < -0.39 is 0 Å². The SMILES string of the molecule is CCC(C(=O)OC)C1CCc2ccc(OCc3ccc(-c4cc(OC)ncc4F)c(C4CCCC4(C)C)c3)cc21. The van der Waals surface area contributed by atoms with E-state index in [1.807, 2.05) is 25.1 Å². The predicted molar refractivity (Wildman–Crippen MR) is 154 cm³/mol. The summed E-state index contributed by atoms with van der Waals surface area (Å²) in [4.78, 5) is 16.5. The molecule has 3 atom stereocenters. The van der Waals surface area contributed by atoms with Crippen LogP contribution >= 0.6 is 0 Å². The molecule has 2 aliphatic carbocycles. The summed E-state index contributed by atoms with van der Waals surface area (Å²) in [5, 5.41) is 0. The van der Waals surface area contributed by atoms with E-state index in [2.05, 4.69) is 37.0 Å². The van der Waals surface area contributed by atoms with Gasteiger partial charge in [-0.3, -0.25) is 4.79 Å². The Kier molecular flexibility index (Phi) is 8.16. The molecule has 1 aromatic heterocycles. The number of hydrogen-bond acceptors (Lipinski definition) is 5. The lowest BCUT2D eigenvalue weighted by molar-refractivity contribution is -0.146. The number of carbonyl (C=O) groups excluding carboxylic acids is 1. The first-order chi connectivity index (χ1) is 19.2. The Labute approximate surface area is 237 Å². The molecular weight excluding hydrogens is 505 g/mol. The van der Waals surface area contributed by atoms with Crippen LogP contribution in [0.25, 0.3) is 11.1 Å². The van der Waals surface area contributed by atoms with Gasteiger partial charge in [0, 0.05) is 11.6 Å². The average Bonchev–Trinajstić information content (AvgIpc) is 3.54. The summed E-state index contributed by atoms with van der Waals surface area (Å²) in [7, 11) is 3.01. The molecule has 0 radical (unpaired) electrons. The van der Waals surface area contributed by atoms with Crippen molar-refractivity contribution in [3.63, 3.8) is 0 Å². The van der Waals surface area contributed by atoms with Crippen molar-refractivity contribution in [1.82, 2.24) is 4.98 Å². The maximum Gasteiger partial charge on any atom is 0.309 e. The predicted octanol–water partition coefficient (Wildman–Crippen LogP) is 8.00. The number of ether oxygens (including phenoxy) is 3. The third-order valence-electron chi connectivity index (χ3n) is 9.15. The standard InChI is InChI=1S/C34H40FNO4/c1-6-24(33(37)39-5)25-14-11-22-10-12-23(17-27(22)25)40-20-21-9-13-26(29-18-32(38-4)36-19-31(29)35)28(16-21)30-8-7-15-34(30,2)3/h9-10,12-13,16-19,24-25,30H,6-8,11,14-15,20H2,1-5H3. The molecule has 5 nitrogen and oxygen atoms in total. The van der Waals surface area contributed by atoms with Crippen LogP contribution in [-0.2, 0) is 22.6 Å². The Bertz CT molecular complexity index is 1380. The number of rotatable bonds is 9. The Morgan fingerprint density at radius 2 is 1.90 bits per heavy atom. The minimum absolute atomic E-state index is 0.117. The molecule has 0 saturated heterocycles. The lowest BCUT2D eigenvalue weighted by Gasteiger charge is -2.30. The summed E-state index contributed by atoms with van der Waals surface area (Å²) in [6.07, 6.45) is 7.26. The number of esters is 1. The van der Waals surface area contributed by atoms with Crippen molar-refractivity contribution in [2.45, 2.75) is 77.7 Å². The molecular formula is C34H40FNO4. The average molecular weight is 546 g/mol. The van der Waals surface area contributed by atoms with E-state index >= 15 is 4.39 Å². The van der Waals surface area contributed by atoms with Crippen LogP contribution < -0.4 is 9.47 Å². The number of aromatic nitrogens is 1. The second-order valence-electron chi connectivity index (χ2n) is 11.9. The van der Waals surface area contributed by atoms with Gasteiger partial charge >= 0.3 is 5.97 Å². The van der Waals surface area contributed by atoms with Gasteiger partial charge in [-0.15, -0.1) is 0 Å². The highest BCUT2D eigenvalue weighted by atomic mass is 19.1. The smallest absolute Gasteiger partial charge is 0.309 e. The van der Waals surface area contributed by atoms with Gasteiger partial charge in [0.15, 0.2) is 0 Å². The molecule has 1 fully saturated rings. The molecule has 3 aromatic rings. The first-order valence-corrected chi connectivity index (χ1v) is 14.4. The quantitative estimate of drug-likeness (QED) is 0.255. The molecule has 212 valence electrons. The maximum absolute atomic E-state index is 15.0. The highest BCUT2D eigenvalue weighted by Crippen LogP contribution is 2.51. The van der Waals surface area contributed by atoms with Crippen molar-refractivity contribution in [2.75, 3.05) is 14.2 Å². The van der Waals surface area contributed by atoms with Gasteiger partial charge in [0.2, 0.25) is 5.88 Å². The molecule has 6 heteroatoms. The number of pyridine rings is 1. The van der Waals surface area contributed by atoms with Gasteiger partial charge in [0.05, 0.1) is 26.3 Å². The second-order valence-corrected chi connectivity index (χ2v) is 11.9. The molecule has 3 unspecified atom stereocenters. The first kappa shape index (κ1) is 28.1. The highest BCUT2D eigenvalue weighted by molar-refractivity contribution is 5.74. The zero-order chi connectivity index (χ0) is 28.4. The van der Waals surface area contributed by atoms with Gasteiger partial charge in [-0.25, -0.2) is 9.37 Å². The topological polar surface area (TPSA) is 57.7 Å². The molecule has 0 amide bonds. The van der Waals surface area contributed by atoms with Crippen LogP contribution in [0, 0.1) is 17.2 Å². The van der Waals surface area contributed by atoms with Crippen molar-refractivity contribution < 1.29 is 23.4 Å². The van der Waals surface area contributed by atoms with Crippen molar-refractivity contribution in [3.8, 4) is 22.8 Å². The van der Waals surface area contributed by atoms with E-state index in [1.54, 1.807) is 13.2 Å². The monoisotopic (exact) mass is 545 g/mol. The number of fused-ring (bicyclic) bond motifs is 1. The lowest BCUT2D eigenvalue weighted by Crippen LogP contribution is -2.21. The number of methoxy groups -OCH3 is 2. The van der Waals surface area contributed by atoms with E-state index in [4.69, 9.17) is 14.2 Å². The third kappa shape index (κ3) is 5.45. The fourth-order valence-corrected chi connectivity index (χ4v) is 6.93. The summed E-state index contributed by atoms with van der Waals surface area (Å²) in [5.74, 6) is 1.02. The van der Waals surface area contributed by atoms with Crippen LogP contribution in [0.15, 0.2) is 48.7 Å². The van der Waals surface area contributed by atoms with E-state index in [0.29, 0.717) is 24.0 Å². The zero-order valence-corrected chi connectivity index (χ0v) is 24.3. The van der Waals surface area contributed by atoms with Crippen molar-refractivity contribution in [3.05, 3.63) is 76.7 Å². The highest BCUT2D eigenvalue weighted by Gasteiger charge is 2.37. The summed E-state index contributed by atoms with van der Waals surface area (Å²) in [6.45, 7) is 7.06. The van der Waals surface area contributed by atoms with Gasteiger partial charge in [-0.1, -0.05) is 51.5 Å². The summed E-state index contributed by atoms with van der Waals surface area (Å²) in [6, 6.07) is 14.2. The molecule has 2 aromatic carbocycles. The number of benzene rings is 2. The Morgan fingerprint density at radius 3 is 2.60 bits per heavy atom. The summed E-state index contributed by atoms with van der Waals surface area (Å²) >= 11 is 0. The lowest BCUT2D eigenvalue weighted by atomic mass is 9.75. The largest absolute Gasteiger partial charge is 0.489 e. The van der Waals surface area contributed by atoms with Gasteiger partial charge in [-0.2, -0.15) is 0 Å². The molecule has 0 aliphatic heterocycles. The molecule has 0 spiro atoms. The van der Waals surface area contributed by atoms with Crippen LogP contribution in [0.3, 0.4) is 0 Å². The molecule has 5 rings (SSSR count). The van der Waals surface area contributed by atoms with Crippen LogP contribution in [-0.4, -0.2) is 25.2 Å². The van der Waals surface area contributed by atoms with Crippen molar-refractivity contribution in [1.29, 1.82) is 0 Å². The Morgan fingerprint density at radius 1 is 1.07 bits per heavy atom. The zero-order valence-electron chi connectivity index (χ0n) is 24.3. The van der Waals surface area contributed by atoms with Gasteiger partial charge in [0.1, 0.15) is 18.2 Å². The van der Waals surface area contributed by atoms with E-state index in [0.717, 1.165) is 61.0 Å². The van der Waals surface area contributed by atoms with Crippen LogP contribution in [0.5, 0.6) is 11.6 Å². The number of carbonyl (C=O) groups is 1.